The van der Waals surface area contributed by atoms with Crippen molar-refractivity contribution in [2.24, 2.45) is 29.6 Å². The molecule has 25 heavy (non-hydrogen) atoms. The summed E-state index contributed by atoms with van der Waals surface area (Å²) in [5.74, 6) is 4.51. The standard InChI is InChI=1S/C20H30N4O/c25-20(17-9-23-24(12-17)18-2-1-3-21-10-18)22-11-19-15-5-13-4-14(7-15)8-16(19)6-13/h9,12-16,18-19,21H,1-8,10-11H2,(H,22,25). The number of hydrogen-bond acceptors (Lipinski definition) is 3. The van der Waals surface area contributed by atoms with Gasteiger partial charge in [-0.05, 0) is 81.1 Å². The highest BCUT2D eigenvalue weighted by atomic mass is 16.1. The highest BCUT2D eigenvalue weighted by Gasteiger charge is 2.47. The van der Waals surface area contributed by atoms with Crippen molar-refractivity contribution in [3.63, 3.8) is 0 Å². The smallest absolute Gasteiger partial charge is 0.254 e. The van der Waals surface area contributed by atoms with Crippen LogP contribution < -0.4 is 10.6 Å². The highest BCUT2D eigenvalue weighted by Crippen LogP contribution is 2.56. The molecule has 6 rings (SSSR count). The molecule has 1 aromatic rings. The summed E-state index contributed by atoms with van der Waals surface area (Å²) >= 11 is 0. The summed E-state index contributed by atoms with van der Waals surface area (Å²) < 4.78 is 1.98. The van der Waals surface area contributed by atoms with Gasteiger partial charge < -0.3 is 10.6 Å². The highest BCUT2D eigenvalue weighted by molar-refractivity contribution is 5.93. The molecule has 1 aromatic heterocycles. The fraction of sp³-hybridized carbons (Fsp3) is 0.800. The number of nitrogens with one attached hydrogen (secondary N) is 2. The Hall–Kier alpha value is -1.36. The van der Waals surface area contributed by atoms with Crippen LogP contribution in [-0.2, 0) is 0 Å². The third kappa shape index (κ3) is 3.01. The Morgan fingerprint density at radius 1 is 1.20 bits per heavy atom. The molecule has 1 amide bonds. The summed E-state index contributed by atoms with van der Waals surface area (Å²) in [6.45, 7) is 2.91. The first-order valence-corrected chi connectivity index (χ1v) is 10.3. The van der Waals surface area contributed by atoms with Crippen LogP contribution >= 0.6 is 0 Å². The average Bonchev–Trinajstić information content (AvgIpc) is 3.11. The molecular weight excluding hydrogens is 312 g/mol. The lowest BCUT2D eigenvalue weighted by Gasteiger charge is -2.54. The van der Waals surface area contributed by atoms with Gasteiger partial charge in [0.15, 0.2) is 0 Å². The van der Waals surface area contributed by atoms with Crippen LogP contribution in [0.25, 0.3) is 0 Å². The molecular formula is C20H30N4O. The van der Waals surface area contributed by atoms with Crippen LogP contribution in [0, 0.1) is 29.6 Å². The fourth-order valence-corrected chi connectivity index (χ4v) is 6.40. The van der Waals surface area contributed by atoms with E-state index in [1.165, 1.54) is 38.5 Å². The third-order valence-electron chi connectivity index (χ3n) is 7.43. The van der Waals surface area contributed by atoms with E-state index in [1.54, 1.807) is 6.20 Å². The summed E-state index contributed by atoms with van der Waals surface area (Å²) in [6.07, 6.45) is 13.1. The van der Waals surface area contributed by atoms with E-state index in [9.17, 15) is 4.79 Å². The van der Waals surface area contributed by atoms with E-state index in [0.29, 0.717) is 12.0 Å². The Morgan fingerprint density at radius 2 is 1.96 bits per heavy atom. The summed E-state index contributed by atoms with van der Waals surface area (Å²) in [5.41, 5.74) is 0.717. The second kappa shape index (κ2) is 6.42. The maximum atomic E-state index is 12.6. The second-order valence-electron chi connectivity index (χ2n) is 9.01. The lowest BCUT2D eigenvalue weighted by molar-refractivity contribution is -0.0347. The summed E-state index contributed by atoms with van der Waals surface area (Å²) in [5, 5.41) is 11.1. The summed E-state index contributed by atoms with van der Waals surface area (Å²) in [4.78, 5) is 12.6. The van der Waals surface area contributed by atoms with Gasteiger partial charge in [-0.25, -0.2) is 0 Å². The molecule has 1 aliphatic heterocycles. The number of piperidine rings is 1. The monoisotopic (exact) mass is 342 g/mol. The van der Waals surface area contributed by atoms with E-state index >= 15 is 0 Å². The first-order valence-electron chi connectivity index (χ1n) is 10.3. The van der Waals surface area contributed by atoms with E-state index in [0.717, 1.165) is 55.3 Å². The molecule has 5 nitrogen and oxygen atoms in total. The van der Waals surface area contributed by atoms with Gasteiger partial charge in [-0.3, -0.25) is 9.48 Å². The zero-order valence-corrected chi connectivity index (χ0v) is 15.0. The van der Waals surface area contributed by atoms with E-state index in [4.69, 9.17) is 0 Å². The normalized spacial score (nSPS) is 39.5. The van der Waals surface area contributed by atoms with E-state index in [2.05, 4.69) is 15.7 Å². The predicted octanol–water partition coefficient (Wildman–Crippen LogP) is 2.61. The number of carbonyl (C=O) groups excluding carboxylic acids is 1. The zero-order valence-electron chi connectivity index (χ0n) is 15.0. The summed E-state index contributed by atoms with van der Waals surface area (Å²) in [6, 6.07) is 0.389. The quantitative estimate of drug-likeness (QED) is 0.884. The Morgan fingerprint density at radius 3 is 2.64 bits per heavy atom. The molecule has 4 bridgehead atoms. The minimum atomic E-state index is 0.0591. The summed E-state index contributed by atoms with van der Waals surface area (Å²) in [7, 11) is 0. The van der Waals surface area contributed by atoms with Crippen molar-refractivity contribution in [3.8, 4) is 0 Å². The molecule has 1 saturated heterocycles. The minimum absolute atomic E-state index is 0.0591. The lowest BCUT2D eigenvalue weighted by atomic mass is 9.52. The van der Waals surface area contributed by atoms with E-state index in [1.807, 2.05) is 10.9 Å². The van der Waals surface area contributed by atoms with Crippen molar-refractivity contribution in [2.45, 2.75) is 51.0 Å². The van der Waals surface area contributed by atoms with Crippen LogP contribution in [0.3, 0.4) is 0 Å². The third-order valence-corrected chi connectivity index (χ3v) is 7.43. The molecule has 2 heterocycles. The molecule has 1 unspecified atom stereocenters. The number of amides is 1. The van der Waals surface area contributed by atoms with Crippen LogP contribution in [0.15, 0.2) is 12.4 Å². The SMILES string of the molecule is O=C(NCC1C2CC3CC(C2)CC1C3)c1cnn(C2CCCNC2)c1. The maximum Gasteiger partial charge on any atom is 0.254 e. The Balaban J connectivity index is 1.19. The molecule has 0 aromatic carbocycles. The van der Waals surface area contributed by atoms with Crippen molar-refractivity contribution in [2.75, 3.05) is 19.6 Å². The molecule has 5 fully saturated rings. The fourth-order valence-electron chi connectivity index (χ4n) is 6.40. The molecule has 0 spiro atoms. The van der Waals surface area contributed by atoms with Crippen molar-refractivity contribution in [1.82, 2.24) is 20.4 Å². The second-order valence-corrected chi connectivity index (χ2v) is 9.01. The van der Waals surface area contributed by atoms with Crippen LogP contribution in [0.2, 0.25) is 0 Å². The first-order chi connectivity index (χ1) is 12.3. The van der Waals surface area contributed by atoms with Gasteiger partial charge in [-0.1, -0.05) is 0 Å². The minimum Gasteiger partial charge on any atom is -0.352 e. The van der Waals surface area contributed by atoms with Crippen molar-refractivity contribution in [3.05, 3.63) is 18.0 Å². The Kier molecular flexibility index (Phi) is 4.07. The number of hydrogen-bond donors (Lipinski definition) is 2. The first kappa shape index (κ1) is 15.9. The van der Waals surface area contributed by atoms with Gasteiger partial charge in [0.1, 0.15) is 0 Å². The van der Waals surface area contributed by atoms with Gasteiger partial charge in [-0.15, -0.1) is 0 Å². The van der Waals surface area contributed by atoms with Gasteiger partial charge in [0.2, 0.25) is 0 Å². The van der Waals surface area contributed by atoms with E-state index in [-0.39, 0.29) is 5.91 Å². The maximum absolute atomic E-state index is 12.6. The molecule has 4 saturated carbocycles. The van der Waals surface area contributed by atoms with Gasteiger partial charge in [-0.2, -0.15) is 5.10 Å². The predicted molar refractivity (Wildman–Crippen MR) is 96.2 cm³/mol. The Labute approximate surface area is 149 Å². The van der Waals surface area contributed by atoms with Crippen LogP contribution in [0.5, 0.6) is 0 Å². The topological polar surface area (TPSA) is 59.0 Å². The molecule has 136 valence electrons. The Bertz CT molecular complexity index is 605. The number of rotatable bonds is 4. The zero-order chi connectivity index (χ0) is 16.8. The average molecular weight is 342 g/mol. The van der Waals surface area contributed by atoms with Crippen molar-refractivity contribution in [1.29, 1.82) is 0 Å². The van der Waals surface area contributed by atoms with Gasteiger partial charge in [0, 0.05) is 19.3 Å². The van der Waals surface area contributed by atoms with Crippen molar-refractivity contribution >= 4 is 5.91 Å². The number of nitrogens with zero attached hydrogens (tertiary/aromatic N) is 2. The van der Waals surface area contributed by atoms with Gasteiger partial charge in [0.05, 0.1) is 17.8 Å². The molecule has 2 N–H and O–H groups in total. The molecule has 5 heteroatoms. The molecule has 1 atom stereocenters. The molecule has 4 aliphatic carbocycles. The van der Waals surface area contributed by atoms with E-state index < -0.39 is 0 Å². The number of aromatic nitrogens is 2. The van der Waals surface area contributed by atoms with Crippen LogP contribution in [0.1, 0.15) is 61.3 Å². The van der Waals surface area contributed by atoms with Gasteiger partial charge >= 0.3 is 0 Å². The van der Waals surface area contributed by atoms with Crippen LogP contribution in [-0.4, -0.2) is 35.3 Å². The molecule has 5 aliphatic rings. The van der Waals surface area contributed by atoms with Gasteiger partial charge in [0.25, 0.3) is 5.91 Å². The van der Waals surface area contributed by atoms with Crippen LogP contribution in [0.4, 0.5) is 0 Å². The molecule has 0 radical (unpaired) electrons. The van der Waals surface area contributed by atoms with Crippen molar-refractivity contribution < 1.29 is 4.79 Å². The largest absolute Gasteiger partial charge is 0.352 e. The lowest BCUT2D eigenvalue weighted by Crippen LogP contribution is -2.49. The number of carbonyl (C=O) groups is 1.